The third-order valence-corrected chi connectivity index (χ3v) is 3.97. The van der Waals surface area contributed by atoms with Crippen LogP contribution in [0.25, 0.3) is 11.1 Å². The highest BCUT2D eigenvalue weighted by atomic mass is 19.1. The van der Waals surface area contributed by atoms with Crippen molar-refractivity contribution >= 4 is 0 Å². The largest absolute Gasteiger partial charge is 0.207 e. The Morgan fingerprint density at radius 3 is 2.63 bits per heavy atom. The van der Waals surface area contributed by atoms with Gasteiger partial charge >= 0.3 is 0 Å². The normalized spacial score (nSPS) is 13.1. The van der Waals surface area contributed by atoms with Crippen LogP contribution >= 0.6 is 0 Å². The molecule has 1 aliphatic carbocycles. The SMILES string of the molecule is Cc1c(C#N)cccc1-c1ccc(F)c2c1CCC2. The van der Waals surface area contributed by atoms with Crippen molar-refractivity contribution in [2.75, 3.05) is 0 Å². The van der Waals surface area contributed by atoms with Crippen molar-refractivity contribution in [1.29, 1.82) is 5.26 Å². The van der Waals surface area contributed by atoms with Gasteiger partial charge in [0.05, 0.1) is 11.6 Å². The molecule has 0 saturated carbocycles. The van der Waals surface area contributed by atoms with Crippen LogP contribution in [0.2, 0.25) is 0 Å². The Labute approximate surface area is 112 Å². The summed E-state index contributed by atoms with van der Waals surface area (Å²) in [6.07, 6.45) is 2.77. The van der Waals surface area contributed by atoms with Gasteiger partial charge in [0.2, 0.25) is 0 Å². The summed E-state index contributed by atoms with van der Waals surface area (Å²) >= 11 is 0. The number of halogens is 1. The first-order chi connectivity index (χ1) is 9.22. The van der Waals surface area contributed by atoms with Gasteiger partial charge in [-0.3, -0.25) is 0 Å². The molecule has 0 spiro atoms. The molecule has 94 valence electrons. The second-order valence-electron chi connectivity index (χ2n) is 5.00. The molecule has 0 atom stereocenters. The van der Waals surface area contributed by atoms with Crippen molar-refractivity contribution in [3.8, 4) is 17.2 Å². The molecule has 0 unspecified atom stereocenters. The maximum Gasteiger partial charge on any atom is 0.126 e. The van der Waals surface area contributed by atoms with Crippen molar-refractivity contribution in [1.82, 2.24) is 0 Å². The summed E-state index contributed by atoms with van der Waals surface area (Å²) < 4.78 is 13.8. The Hall–Kier alpha value is -2.14. The van der Waals surface area contributed by atoms with Crippen LogP contribution in [0.5, 0.6) is 0 Å². The Kier molecular flexibility index (Phi) is 2.83. The van der Waals surface area contributed by atoms with Crippen molar-refractivity contribution < 1.29 is 4.39 Å². The summed E-state index contributed by atoms with van der Waals surface area (Å²) in [6.45, 7) is 1.96. The van der Waals surface area contributed by atoms with Crippen molar-refractivity contribution in [3.05, 3.63) is 58.4 Å². The molecule has 1 aliphatic rings. The Morgan fingerprint density at radius 1 is 1.05 bits per heavy atom. The molecule has 3 rings (SSSR count). The second kappa shape index (κ2) is 4.51. The van der Waals surface area contributed by atoms with E-state index in [0.29, 0.717) is 5.56 Å². The summed E-state index contributed by atoms with van der Waals surface area (Å²) in [4.78, 5) is 0. The molecule has 0 heterocycles. The Morgan fingerprint density at radius 2 is 1.84 bits per heavy atom. The minimum atomic E-state index is -0.0923. The number of benzene rings is 2. The third-order valence-electron chi connectivity index (χ3n) is 3.97. The minimum Gasteiger partial charge on any atom is -0.207 e. The highest BCUT2D eigenvalue weighted by molar-refractivity contribution is 5.74. The van der Waals surface area contributed by atoms with E-state index < -0.39 is 0 Å². The molecule has 0 amide bonds. The lowest BCUT2D eigenvalue weighted by molar-refractivity contribution is 0.613. The molecule has 0 N–H and O–H groups in total. The van der Waals surface area contributed by atoms with Gasteiger partial charge in [-0.05, 0) is 66.1 Å². The zero-order valence-corrected chi connectivity index (χ0v) is 10.8. The first-order valence-corrected chi connectivity index (χ1v) is 6.52. The highest BCUT2D eigenvalue weighted by Crippen LogP contribution is 2.36. The molecular weight excluding hydrogens is 237 g/mol. The fourth-order valence-corrected chi connectivity index (χ4v) is 2.96. The maximum absolute atomic E-state index is 13.8. The van der Waals surface area contributed by atoms with Gasteiger partial charge in [-0.15, -0.1) is 0 Å². The van der Waals surface area contributed by atoms with Gasteiger partial charge in [-0.2, -0.15) is 5.26 Å². The molecule has 19 heavy (non-hydrogen) atoms. The second-order valence-corrected chi connectivity index (χ2v) is 5.00. The van der Waals surface area contributed by atoms with E-state index in [1.807, 2.05) is 31.2 Å². The highest BCUT2D eigenvalue weighted by Gasteiger charge is 2.20. The summed E-state index contributed by atoms with van der Waals surface area (Å²) in [5.41, 5.74) is 5.79. The molecule has 0 fully saturated rings. The Bertz CT molecular complexity index is 695. The van der Waals surface area contributed by atoms with Crippen LogP contribution in [0.3, 0.4) is 0 Å². The van der Waals surface area contributed by atoms with Crippen molar-refractivity contribution in [2.45, 2.75) is 26.2 Å². The van der Waals surface area contributed by atoms with E-state index in [1.165, 1.54) is 0 Å². The lowest BCUT2D eigenvalue weighted by Gasteiger charge is -2.12. The number of nitrogens with zero attached hydrogens (tertiary/aromatic N) is 1. The van der Waals surface area contributed by atoms with E-state index >= 15 is 0 Å². The number of nitriles is 1. The summed E-state index contributed by atoms with van der Waals surface area (Å²) in [5, 5.41) is 9.12. The van der Waals surface area contributed by atoms with E-state index in [0.717, 1.165) is 47.1 Å². The molecule has 1 nitrogen and oxygen atoms in total. The van der Waals surface area contributed by atoms with Crippen LogP contribution in [-0.4, -0.2) is 0 Å². The quantitative estimate of drug-likeness (QED) is 0.746. The van der Waals surface area contributed by atoms with E-state index in [1.54, 1.807) is 6.07 Å². The van der Waals surface area contributed by atoms with Gasteiger partial charge in [-0.25, -0.2) is 4.39 Å². The first-order valence-electron chi connectivity index (χ1n) is 6.52. The fraction of sp³-hybridized carbons (Fsp3) is 0.235. The molecule has 0 aliphatic heterocycles. The topological polar surface area (TPSA) is 23.8 Å². The minimum absolute atomic E-state index is 0.0923. The molecule has 0 aromatic heterocycles. The fourth-order valence-electron chi connectivity index (χ4n) is 2.96. The number of rotatable bonds is 1. The first kappa shape index (κ1) is 11.9. The average Bonchev–Trinajstić information content (AvgIpc) is 2.90. The monoisotopic (exact) mass is 251 g/mol. The van der Waals surface area contributed by atoms with Gasteiger partial charge in [0.15, 0.2) is 0 Å². The van der Waals surface area contributed by atoms with Gasteiger partial charge in [0.25, 0.3) is 0 Å². The lowest BCUT2D eigenvalue weighted by Crippen LogP contribution is -1.95. The van der Waals surface area contributed by atoms with Crippen LogP contribution in [-0.2, 0) is 12.8 Å². The zero-order valence-electron chi connectivity index (χ0n) is 10.8. The van der Waals surface area contributed by atoms with E-state index in [2.05, 4.69) is 6.07 Å². The molecule has 0 bridgehead atoms. The summed E-state index contributed by atoms with van der Waals surface area (Å²) in [6, 6.07) is 11.3. The predicted octanol–water partition coefficient (Wildman–Crippen LogP) is 4.16. The van der Waals surface area contributed by atoms with E-state index in [4.69, 9.17) is 5.26 Å². The van der Waals surface area contributed by atoms with Crippen molar-refractivity contribution in [2.24, 2.45) is 0 Å². The van der Waals surface area contributed by atoms with Crippen LogP contribution in [0.1, 0.15) is 28.7 Å². The average molecular weight is 251 g/mol. The third kappa shape index (κ3) is 1.82. The molecule has 0 saturated heterocycles. The summed E-state index contributed by atoms with van der Waals surface area (Å²) in [7, 11) is 0. The van der Waals surface area contributed by atoms with Gasteiger partial charge < -0.3 is 0 Å². The molecule has 2 aromatic rings. The van der Waals surface area contributed by atoms with Gasteiger partial charge in [0, 0.05) is 0 Å². The molecule has 2 aromatic carbocycles. The standard InChI is InChI=1S/C17H14FN/c1-11-12(10-19)4-2-5-13(11)15-8-9-17(18)16-7-3-6-14(15)16/h2,4-5,8-9H,3,6-7H2,1H3. The smallest absolute Gasteiger partial charge is 0.126 e. The summed E-state index contributed by atoms with van der Waals surface area (Å²) in [5.74, 6) is -0.0923. The molecule has 0 radical (unpaired) electrons. The van der Waals surface area contributed by atoms with Gasteiger partial charge in [0.1, 0.15) is 5.82 Å². The molecule has 2 heteroatoms. The molecular formula is C17H14FN. The Balaban J connectivity index is 2.25. The maximum atomic E-state index is 13.8. The van der Waals surface area contributed by atoms with E-state index in [9.17, 15) is 4.39 Å². The van der Waals surface area contributed by atoms with Crippen molar-refractivity contribution in [3.63, 3.8) is 0 Å². The number of hydrogen-bond acceptors (Lipinski definition) is 1. The van der Waals surface area contributed by atoms with Crippen LogP contribution in [0, 0.1) is 24.1 Å². The van der Waals surface area contributed by atoms with Gasteiger partial charge in [-0.1, -0.05) is 18.2 Å². The predicted molar refractivity (Wildman–Crippen MR) is 73.3 cm³/mol. The number of fused-ring (bicyclic) bond motifs is 1. The lowest BCUT2D eigenvalue weighted by atomic mass is 9.92. The van der Waals surface area contributed by atoms with E-state index in [-0.39, 0.29) is 5.82 Å². The van der Waals surface area contributed by atoms with Crippen LogP contribution < -0.4 is 0 Å². The van der Waals surface area contributed by atoms with Crippen LogP contribution in [0.15, 0.2) is 30.3 Å². The number of hydrogen-bond donors (Lipinski definition) is 0. The zero-order chi connectivity index (χ0) is 13.4. The van der Waals surface area contributed by atoms with Crippen LogP contribution in [0.4, 0.5) is 4.39 Å².